The van der Waals surface area contributed by atoms with E-state index in [1.54, 1.807) is 0 Å². The molecule has 0 radical (unpaired) electrons. The summed E-state index contributed by atoms with van der Waals surface area (Å²) in [7, 11) is 0. The smallest absolute Gasteiger partial charge is 0.191 e. The van der Waals surface area contributed by atoms with Crippen LogP contribution in [0.25, 0.3) is 0 Å². The third-order valence-electron chi connectivity index (χ3n) is 4.63. The van der Waals surface area contributed by atoms with Gasteiger partial charge < -0.3 is 25.0 Å². The van der Waals surface area contributed by atoms with Gasteiger partial charge in [-0.1, -0.05) is 25.5 Å². The number of nitrogens with zero attached hydrogens (tertiary/aromatic N) is 2. The molecule has 8 heteroatoms. The van der Waals surface area contributed by atoms with Crippen molar-refractivity contribution in [1.29, 1.82) is 0 Å². The van der Waals surface area contributed by atoms with Crippen molar-refractivity contribution in [3.8, 4) is 0 Å². The van der Waals surface area contributed by atoms with Gasteiger partial charge in [-0.2, -0.15) is 11.8 Å². The summed E-state index contributed by atoms with van der Waals surface area (Å²) in [4.78, 5) is 7.15. The number of anilines is 1. The van der Waals surface area contributed by atoms with E-state index in [4.69, 9.17) is 14.5 Å². The molecule has 2 N–H and O–H groups in total. The Labute approximate surface area is 204 Å². The molecule has 0 bridgehead atoms. The van der Waals surface area contributed by atoms with Crippen LogP contribution in [0.5, 0.6) is 0 Å². The van der Waals surface area contributed by atoms with Crippen molar-refractivity contribution < 1.29 is 9.47 Å². The Morgan fingerprint density at radius 1 is 1.00 bits per heavy atom. The van der Waals surface area contributed by atoms with Gasteiger partial charge in [-0.3, -0.25) is 0 Å². The van der Waals surface area contributed by atoms with Crippen LogP contribution in [0, 0.1) is 0 Å². The molecule has 0 aromatic heterocycles. The van der Waals surface area contributed by atoms with Crippen molar-refractivity contribution in [3.05, 3.63) is 29.8 Å². The second kappa shape index (κ2) is 17.9. The van der Waals surface area contributed by atoms with Gasteiger partial charge in [-0.05, 0) is 31.0 Å². The first-order valence-electron chi connectivity index (χ1n) is 10.9. The molecular formula is C22H39IN4O2S. The molecular weight excluding hydrogens is 511 g/mol. The molecule has 1 aromatic rings. The Morgan fingerprint density at radius 3 is 2.37 bits per heavy atom. The number of hydrogen-bond donors (Lipinski definition) is 2. The van der Waals surface area contributed by atoms with Crippen molar-refractivity contribution in [2.24, 2.45) is 4.99 Å². The summed E-state index contributed by atoms with van der Waals surface area (Å²) in [6, 6.07) is 8.81. The number of guanidine groups is 1. The number of benzene rings is 1. The zero-order chi connectivity index (χ0) is 20.6. The lowest BCUT2D eigenvalue weighted by Crippen LogP contribution is -2.39. The first kappa shape index (κ1) is 27.3. The number of thioether (sulfide) groups is 1. The van der Waals surface area contributed by atoms with Crippen LogP contribution in [0.3, 0.4) is 0 Å². The minimum absolute atomic E-state index is 0. The van der Waals surface area contributed by atoms with E-state index in [1.165, 1.54) is 29.2 Å². The summed E-state index contributed by atoms with van der Waals surface area (Å²) in [5.41, 5.74) is 2.54. The average Bonchev–Trinajstić information content (AvgIpc) is 2.77. The highest BCUT2D eigenvalue weighted by atomic mass is 127. The van der Waals surface area contributed by atoms with Crippen molar-refractivity contribution in [1.82, 2.24) is 10.6 Å². The predicted octanol–water partition coefficient (Wildman–Crippen LogP) is 3.75. The Kier molecular flexibility index (Phi) is 16.3. The van der Waals surface area contributed by atoms with E-state index in [0.717, 1.165) is 45.2 Å². The third kappa shape index (κ3) is 11.6. The molecule has 0 saturated carbocycles. The van der Waals surface area contributed by atoms with E-state index in [1.807, 2.05) is 11.8 Å². The normalized spacial score (nSPS) is 14.3. The standard InChI is InChI=1S/C22H38N4O2S.HI/c1-3-5-13-27-15-16-28-14-10-24-22(23-4-2)25-19-20-6-8-21(9-7-20)26-11-17-29-18-12-26;/h6-9H,3-5,10-19H2,1-2H3,(H2,23,24,25);1H. The van der Waals surface area contributed by atoms with E-state index in [9.17, 15) is 0 Å². The zero-order valence-corrected chi connectivity index (χ0v) is 21.7. The van der Waals surface area contributed by atoms with Crippen LogP contribution in [0.1, 0.15) is 32.3 Å². The highest BCUT2D eigenvalue weighted by Crippen LogP contribution is 2.20. The number of aliphatic imine (C=N–C) groups is 1. The highest BCUT2D eigenvalue weighted by Gasteiger charge is 2.10. The largest absolute Gasteiger partial charge is 0.379 e. The van der Waals surface area contributed by atoms with Gasteiger partial charge in [0, 0.05) is 50.0 Å². The van der Waals surface area contributed by atoms with E-state index >= 15 is 0 Å². The van der Waals surface area contributed by atoms with E-state index in [-0.39, 0.29) is 24.0 Å². The summed E-state index contributed by atoms with van der Waals surface area (Å²) >= 11 is 2.04. The molecule has 6 nitrogen and oxygen atoms in total. The molecule has 0 unspecified atom stereocenters. The predicted molar refractivity (Wildman–Crippen MR) is 141 cm³/mol. The van der Waals surface area contributed by atoms with Gasteiger partial charge in [0.2, 0.25) is 0 Å². The summed E-state index contributed by atoms with van der Waals surface area (Å²) in [5, 5.41) is 6.62. The maximum absolute atomic E-state index is 5.60. The Balaban J connectivity index is 0.00000450. The van der Waals surface area contributed by atoms with Gasteiger partial charge in [0.05, 0.1) is 26.4 Å². The van der Waals surface area contributed by atoms with Crippen LogP contribution in [-0.2, 0) is 16.0 Å². The van der Waals surface area contributed by atoms with Crippen LogP contribution in [0.4, 0.5) is 5.69 Å². The summed E-state index contributed by atoms with van der Waals surface area (Å²) in [6.45, 7) is 11.5. The molecule has 30 heavy (non-hydrogen) atoms. The second-order valence-corrected chi connectivity index (χ2v) is 8.19. The quantitative estimate of drug-likeness (QED) is 0.169. The van der Waals surface area contributed by atoms with Gasteiger partial charge >= 0.3 is 0 Å². The SMILES string of the molecule is CCCCOCCOCCNC(=NCc1ccc(N2CCSCC2)cc1)NCC.I. The van der Waals surface area contributed by atoms with Crippen molar-refractivity contribution in [2.75, 3.05) is 69.0 Å². The number of rotatable bonds is 13. The lowest BCUT2D eigenvalue weighted by atomic mass is 10.2. The molecule has 0 spiro atoms. The van der Waals surface area contributed by atoms with Gasteiger partial charge in [-0.25, -0.2) is 4.99 Å². The van der Waals surface area contributed by atoms with E-state index < -0.39 is 0 Å². The lowest BCUT2D eigenvalue weighted by molar-refractivity contribution is 0.0487. The minimum Gasteiger partial charge on any atom is -0.379 e. The van der Waals surface area contributed by atoms with Crippen molar-refractivity contribution >= 4 is 47.4 Å². The van der Waals surface area contributed by atoms with Crippen LogP contribution in [0.2, 0.25) is 0 Å². The fourth-order valence-corrected chi connectivity index (χ4v) is 3.86. The van der Waals surface area contributed by atoms with Crippen molar-refractivity contribution in [2.45, 2.75) is 33.2 Å². The second-order valence-electron chi connectivity index (χ2n) is 6.97. The fourth-order valence-electron chi connectivity index (χ4n) is 2.96. The molecule has 1 aliphatic heterocycles. The average molecular weight is 551 g/mol. The molecule has 0 atom stereocenters. The molecule has 1 heterocycles. The monoisotopic (exact) mass is 550 g/mol. The van der Waals surface area contributed by atoms with Crippen LogP contribution < -0.4 is 15.5 Å². The number of unbranched alkanes of at least 4 members (excludes halogenated alkanes) is 1. The molecule has 1 fully saturated rings. The molecule has 2 rings (SSSR count). The van der Waals surface area contributed by atoms with E-state index in [2.05, 4.69) is 53.6 Å². The molecule has 1 aromatic carbocycles. The van der Waals surface area contributed by atoms with Crippen LogP contribution >= 0.6 is 35.7 Å². The van der Waals surface area contributed by atoms with Gasteiger partial charge in [-0.15, -0.1) is 24.0 Å². The number of ether oxygens (including phenoxy) is 2. The molecule has 1 saturated heterocycles. The Bertz CT molecular complexity index is 569. The van der Waals surface area contributed by atoms with Gasteiger partial charge in [0.15, 0.2) is 5.96 Å². The van der Waals surface area contributed by atoms with Gasteiger partial charge in [0.1, 0.15) is 0 Å². The first-order valence-corrected chi connectivity index (χ1v) is 12.1. The van der Waals surface area contributed by atoms with Crippen molar-refractivity contribution in [3.63, 3.8) is 0 Å². The van der Waals surface area contributed by atoms with Crippen LogP contribution in [0.15, 0.2) is 29.3 Å². The molecule has 172 valence electrons. The molecule has 0 amide bonds. The number of halogens is 1. The maximum atomic E-state index is 5.60. The third-order valence-corrected chi connectivity index (χ3v) is 5.57. The van der Waals surface area contributed by atoms with Crippen LogP contribution in [-0.4, -0.2) is 70.1 Å². The number of hydrogen-bond acceptors (Lipinski definition) is 5. The first-order chi connectivity index (χ1) is 14.3. The Morgan fingerprint density at radius 2 is 1.70 bits per heavy atom. The summed E-state index contributed by atoms with van der Waals surface area (Å²) in [5.74, 6) is 3.27. The fraction of sp³-hybridized carbons (Fsp3) is 0.682. The van der Waals surface area contributed by atoms with E-state index in [0.29, 0.717) is 26.4 Å². The summed E-state index contributed by atoms with van der Waals surface area (Å²) < 4.78 is 11.1. The van der Waals surface area contributed by atoms with Gasteiger partial charge in [0.25, 0.3) is 0 Å². The summed E-state index contributed by atoms with van der Waals surface area (Å²) in [6.07, 6.45) is 2.28. The molecule has 1 aliphatic rings. The minimum atomic E-state index is 0. The lowest BCUT2D eigenvalue weighted by Gasteiger charge is -2.28. The molecule has 0 aliphatic carbocycles. The highest BCUT2D eigenvalue weighted by molar-refractivity contribution is 14.0. The zero-order valence-electron chi connectivity index (χ0n) is 18.5. The Hall–Kier alpha value is -0.710. The topological polar surface area (TPSA) is 58.1 Å². The maximum Gasteiger partial charge on any atom is 0.191 e. The number of nitrogens with one attached hydrogen (secondary N) is 2.